The molecule has 1 amide bonds. The van der Waals surface area contributed by atoms with Crippen LogP contribution in [0.1, 0.15) is 29.7 Å². The molecule has 0 bridgehead atoms. The summed E-state index contributed by atoms with van der Waals surface area (Å²) in [6, 6.07) is 0. The summed E-state index contributed by atoms with van der Waals surface area (Å²) in [6.07, 6.45) is 5.52. The van der Waals surface area contributed by atoms with Crippen molar-refractivity contribution in [2.75, 3.05) is 13.1 Å². The van der Waals surface area contributed by atoms with E-state index in [1.54, 1.807) is 11.3 Å². The Kier molecular flexibility index (Phi) is 4.50. The zero-order valence-electron chi connectivity index (χ0n) is 10.2. The standard InChI is InChI=1S/C12H19N3OS/c1-2-10-6-15-12(17-10)8-14-11(16)7-13-5-9-3-4-9/h6,9,13H,2-5,7-8H2,1H3,(H,14,16). The number of rotatable bonds is 7. The molecule has 0 unspecified atom stereocenters. The van der Waals surface area contributed by atoms with Crippen molar-refractivity contribution in [3.8, 4) is 0 Å². The van der Waals surface area contributed by atoms with E-state index in [0.29, 0.717) is 13.1 Å². The Balaban J connectivity index is 1.60. The highest BCUT2D eigenvalue weighted by molar-refractivity contribution is 7.11. The summed E-state index contributed by atoms with van der Waals surface area (Å²) < 4.78 is 0. The fraction of sp³-hybridized carbons (Fsp3) is 0.667. The lowest BCUT2D eigenvalue weighted by atomic mass is 10.4. The Bertz CT molecular complexity index is 374. The molecule has 1 aliphatic rings. The summed E-state index contributed by atoms with van der Waals surface area (Å²) >= 11 is 1.67. The van der Waals surface area contributed by atoms with Gasteiger partial charge in [0.05, 0.1) is 13.1 Å². The van der Waals surface area contributed by atoms with Gasteiger partial charge in [-0.1, -0.05) is 6.92 Å². The minimum absolute atomic E-state index is 0.0545. The molecule has 0 saturated heterocycles. The molecule has 1 heterocycles. The highest BCUT2D eigenvalue weighted by atomic mass is 32.1. The molecule has 0 atom stereocenters. The molecule has 1 aliphatic carbocycles. The molecular formula is C12H19N3OS. The van der Waals surface area contributed by atoms with Gasteiger partial charge in [0, 0.05) is 11.1 Å². The number of nitrogens with one attached hydrogen (secondary N) is 2. The van der Waals surface area contributed by atoms with Crippen LogP contribution in [-0.2, 0) is 17.8 Å². The number of amides is 1. The fourth-order valence-electron chi connectivity index (χ4n) is 1.54. The maximum absolute atomic E-state index is 11.5. The fourth-order valence-corrected chi connectivity index (χ4v) is 2.34. The van der Waals surface area contributed by atoms with Crippen molar-refractivity contribution in [1.29, 1.82) is 0 Å². The smallest absolute Gasteiger partial charge is 0.234 e. The van der Waals surface area contributed by atoms with Gasteiger partial charge in [-0.05, 0) is 31.7 Å². The third-order valence-electron chi connectivity index (χ3n) is 2.80. The van der Waals surface area contributed by atoms with Crippen LogP contribution in [0.5, 0.6) is 0 Å². The second-order valence-corrected chi connectivity index (χ2v) is 5.62. The summed E-state index contributed by atoms with van der Waals surface area (Å²) in [5, 5.41) is 7.03. The van der Waals surface area contributed by atoms with E-state index in [-0.39, 0.29) is 5.91 Å². The van der Waals surface area contributed by atoms with Crippen molar-refractivity contribution in [3.05, 3.63) is 16.1 Å². The van der Waals surface area contributed by atoms with E-state index in [1.807, 2.05) is 6.20 Å². The highest BCUT2D eigenvalue weighted by Gasteiger charge is 2.20. The average molecular weight is 253 g/mol. The summed E-state index contributed by atoms with van der Waals surface area (Å²) in [4.78, 5) is 17.0. The van der Waals surface area contributed by atoms with Gasteiger partial charge in [0.2, 0.25) is 5.91 Å². The van der Waals surface area contributed by atoms with Crippen LogP contribution in [-0.4, -0.2) is 24.0 Å². The van der Waals surface area contributed by atoms with Gasteiger partial charge in [-0.3, -0.25) is 4.79 Å². The van der Waals surface area contributed by atoms with Crippen molar-refractivity contribution in [2.45, 2.75) is 32.7 Å². The molecule has 2 N–H and O–H groups in total. The van der Waals surface area contributed by atoms with Crippen LogP contribution in [0.15, 0.2) is 6.20 Å². The molecule has 0 aliphatic heterocycles. The van der Waals surface area contributed by atoms with Gasteiger partial charge >= 0.3 is 0 Å². The van der Waals surface area contributed by atoms with Crippen LogP contribution < -0.4 is 10.6 Å². The van der Waals surface area contributed by atoms with Gasteiger partial charge in [-0.2, -0.15) is 0 Å². The third kappa shape index (κ3) is 4.44. The number of carbonyl (C=O) groups is 1. The normalized spacial score (nSPS) is 14.9. The number of carbonyl (C=O) groups excluding carboxylic acids is 1. The Morgan fingerprint density at radius 3 is 3.06 bits per heavy atom. The number of thiazole rings is 1. The molecule has 0 radical (unpaired) electrons. The summed E-state index contributed by atoms with van der Waals surface area (Å²) in [5.74, 6) is 0.868. The van der Waals surface area contributed by atoms with E-state index in [0.717, 1.165) is 23.9 Å². The van der Waals surface area contributed by atoms with Gasteiger partial charge in [0.25, 0.3) is 0 Å². The van der Waals surface area contributed by atoms with Gasteiger partial charge in [-0.25, -0.2) is 4.98 Å². The maximum Gasteiger partial charge on any atom is 0.234 e. The van der Waals surface area contributed by atoms with Gasteiger partial charge in [-0.15, -0.1) is 11.3 Å². The van der Waals surface area contributed by atoms with E-state index >= 15 is 0 Å². The minimum atomic E-state index is 0.0545. The predicted molar refractivity (Wildman–Crippen MR) is 68.9 cm³/mol. The summed E-state index contributed by atoms with van der Waals surface area (Å²) in [7, 11) is 0. The molecule has 4 nitrogen and oxygen atoms in total. The molecule has 2 rings (SSSR count). The number of hydrogen-bond acceptors (Lipinski definition) is 4. The lowest BCUT2D eigenvalue weighted by Gasteiger charge is -2.04. The Labute approximate surface area is 106 Å². The van der Waals surface area contributed by atoms with Crippen molar-refractivity contribution in [1.82, 2.24) is 15.6 Å². The maximum atomic E-state index is 11.5. The van der Waals surface area contributed by atoms with E-state index in [2.05, 4.69) is 22.5 Å². The van der Waals surface area contributed by atoms with Crippen molar-refractivity contribution >= 4 is 17.2 Å². The van der Waals surface area contributed by atoms with Crippen molar-refractivity contribution in [3.63, 3.8) is 0 Å². The van der Waals surface area contributed by atoms with E-state index in [9.17, 15) is 4.79 Å². The predicted octanol–water partition coefficient (Wildman–Crippen LogP) is 1.32. The van der Waals surface area contributed by atoms with Crippen LogP contribution in [0.4, 0.5) is 0 Å². The van der Waals surface area contributed by atoms with Crippen molar-refractivity contribution in [2.24, 2.45) is 5.92 Å². The number of aromatic nitrogens is 1. The van der Waals surface area contributed by atoms with Crippen LogP contribution in [0.2, 0.25) is 0 Å². The zero-order chi connectivity index (χ0) is 12.1. The topological polar surface area (TPSA) is 54.0 Å². The minimum Gasteiger partial charge on any atom is -0.348 e. The van der Waals surface area contributed by atoms with E-state index in [4.69, 9.17) is 0 Å². The first-order chi connectivity index (χ1) is 8.28. The lowest BCUT2D eigenvalue weighted by molar-refractivity contribution is -0.120. The van der Waals surface area contributed by atoms with E-state index in [1.165, 1.54) is 17.7 Å². The first-order valence-corrected chi connectivity index (χ1v) is 7.00. The zero-order valence-corrected chi connectivity index (χ0v) is 11.0. The molecule has 17 heavy (non-hydrogen) atoms. The molecule has 1 aromatic heterocycles. The first kappa shape index (κ1) is 12.5. The molecule has 1 saturated carbocycles. The molecule has 94 valence electrons. The number of nitrogens with zero attached hydrogens (tertiary/aromatic N) is 1. The number of aryl methyl sites for hydroxylation is 1. The monoisotopic (exact) mass is 253 g/mol. The van der Waals surface area contributed by atoms with E-state index < -0.39 is 0 Å². The highest BCUT2D eigenvalue weighted by Crippen LogP contribution is 2.27. The SMILES string of the molecule is CCc1cnc(CNC(=O)CNCC2CC2)s1. The van der Waals surface area contributed by atoms with Crippen molar-refractivity contribution < 1.29 is 4.79 Å². The molecule has 1 aromatic rings. The van der Waals surface area contributed by atoms with Gasteiger partial charge < -0.3 is 10.6 Å². The second-order valence-electron chi connectivity index (χ2n) is 4.42. The Morgan fingerprint density at radius 2 is 2.41 bits per heavy atom. The number of hydrogen-bond donors (Lipinski definition) is 2. The second kappa shape index (κ2) is 6.12. The summed E-state index contributed by atoms with van der Waals surface area (Å²) in [5.41, 5.74) is 0. The molecule has 1 fully saturated rings. The molecule has 5 heteroatoms. The van der Waals surface area contributed by atoms with Gasteiger partial charge in [0.15, 0.2) is 0 Å². The molecular weight excluding hydrogens is 234 g/mol. The largest absolute Gasteiger partial charge is 0.348 e. The van der Waals surface area contributed by atoms with Crippen LogP contribution in [0.3, 0.4) is 0 Å². The van der Waals surface area contributed by atoms with Crippen LogP contribution >= 0.6 is 11.3 Å². The third-order valence-corrected chi connectivity index (χ3v) is 3.94. The Morgan fingerprint density at radius 1 is 1.59 bits per heavy atom. The van der Waals surface area contributed by atoms with Crippen LogP contribution in [0.25, 0.3) is 0 Å². The quantitative estimate of drug-likeness (QED) is 0.770. The molecule has 0 spiro atoms. The molecule has 0 aromatic carbocycles. The lowest BCUT2D eigenvalue weighted by Crippen LogP contribution is -2.34. The Hall–Kier alpha value is -0.940. The van der Waals surface area contributed by atoms with Crippen LogP contribution in [0, 0.1) is 5.92 Å². The van der Waals surface area contributed by atoms with Gasteiger partial charge in [0.1, 0.15) is 5.01 Å². The summed E-state index contributed by atoms with van der Waals surface area (Å²) in [6.45, 7) is 4.06. The average Bonchev–Trinajstić information content (AvgIpc) is 3.04. The first-order valence-electron chi connectivity index (χ1n) is 6.19.